The second-order valence-corrected chi connectivity index (χ2v) is 6.18. The maximum atomic E-state index is 12.2. The van der Waals surface area contributed by atoms with Gasteiger partial charge in [-0.15, -0.1) is 0 Å². The van der Waals surface area contributed by atoms with Gasteiger partial charge in [0.05, 0.1) is 0 Å². The molecule has 1 fully saturated rings. The van der Waals surface area contributed by atoms with Crippen molar-refractivity contribution in [1.29, 1.82) is 0 Å². The molecule has 1 unspecified atom stereocenters. The fourth-order valence-corrected chi connectivity index (χ4v) is 2.97. The molecule has 1 N–H and O–H groups in total. The van der Waals surface area contributed by atoms with Crippen LogP contribution >= 0.6 is 0 Å². The third kappa shape index (κ3) is 5.16. The first-order chi connectivity index (χ1) is 10.2. The summed E-state index contributed by atoms with van der Waals surface area (Å²) in [5, 5.41) is 3.54. The summed E-state index contributed by atoms with van der Waals surface area (Å²) < 4.78 is 0. The standard InChI is InChI=1S/C18H28N2O/c1-15-7-3-4-8-16(15)10-11-18(21)20(2)14-12-17-9-5-6-13-19-17/h3-4,7-8,17,19H,5-6,9-14H2,1-2H3. The molecule has 1 heterocycles. The van der Waals surface area contributed by atoms with Gasteiger partial charge in [-0.2, -0.15) is 0 Å². The summed E-state index contributed by atoms with van der Waals surface area (Å²) in [5.41, 5.74) is 2.56. The Labute approximate surface area is 128 Å². The van der Waals surface area contributed by atoms with Gasteiger partial charge in [0.2, 0.25) is 5.91 Å². The molecule has 1 aromatic carbocycles. The molecule has 2 rings (SSSR count). The number of piperidine rings is 1. The highest BCUT2D eigenvalue weighted by molar-refractivity contribution is 5.76. The summed E-state index contributed by atoms with van der Waals surface area (Å²) in [6.45, 7) is 4.11. The summed E-state index contributed by atoms with van der Waals surface area (Å²) in [4.78, 5) is 14.1. The van der Waals surface area contributed by atoms with Gasteiger partial charge in [0.15, 0.2) is 0 Å². The quantitative estimate of drug-likeness (QED) is 0.873. The van der Waals surface area contributed by atoms with Gasteiger partial charge < -0.3 is 10.2 Å². The van der Waals surface area contributed by atoms with E-state index in [1.54, 1.807) is 0 Å². The molecule has 0 spiro atoms. The molecule has 1 aliphatic rings. The van der Waals surface area contributed by atoms with E-state index in [9.17, 15) is 4.79 Å². The smallest absolute Gasteiger partial charge is 0.222 e. The number of hydrogen-bond donors (Lipinski definition) is 1. The van der Waals surface area contributed by atoms with Crippen LogP contribution in [0.2, 0.25) is 0 Å². The van der Waals surface area contributed by atoms with E-state index in [-0.39, 0.29) is 5.91 Å². The topological polar surface area (TPSA) is 32.3 Å². The van der Waals surface area contributed by atoms with Gasteiger partial charge in [-0.1, -0.05) is 30.7 Å². The molecule has 1 atom stereocenters. The molecular weight excluding hydrogens is 260 g/mol. The third-order valence-corrected chi connectivity index (χ3v) is 4.52. The van der Waals surface area contributed by atoms with Crippen LogP contribution in [0.25, 0.3) is 0 Å². The lowest BCUT2D eigenvalue weighted by Gasteiger charge is -2.26. The zero-order chi connectivity index (χ0) is 15.1. The fraction of sp³-hybridized carbons (Fsp3) is 0.611. The van der Waals surface area contributed by atoms with Crippen molar-refractivity contribution < 1.29 is 4.79 Å². The predicted octanol–water partition coefficient (Wildman–Crippen LogP) is 2.92. The van der Waals surface area contributed by atoms with Crippen LogP contribution in [-0.4, -0.2) is 37.0 Å². The van der Waals surface area contributed by atoms with Crippen molar-refractivity contribution >= 4 is 5.91 Å². The van der Waals surface area contributed by atoms with Crippen LogP contribution in [-0.2, 0) is 11.2 Å². The van der Waals surface area contributed by atoms with Crippen molar-refractivity contribution in [1.82, 2.24) is 10.2 Å². The first kappa shape index (κ1) is 16.0. The molecule has 1 aromatic rings. The average molecular weight is 288 g/mol. The molecule has 21 heavy (non-hydrogen) atoms. The predicted molar refractivity (Wildman–Crippen MR) is 87.4 cm³/mol. The SMILES string of the molecule is Cc1ccccc1CCC(=O)N(C)CCC1CCCCN1. The normalized spacial score (nSPS) is 18.5. The highest BCUT2D eigenvalue weighted by atomic mass is 16.2. The van der Waals surface area contributed by atoms with Gasteiger partial charge in [-0.25, -0.2) is 0 Å². The number of carbonyl (C=O) groups is 1. The zero-order valence-electron chi connectivity index (χ0n) is 13.4. The van der Waals surface area contributed by atoms with Crippen molar-refractivity contribution in [3.63, 3.8) is 0 Å². The van der Waals surface area contributed by atoms with Gasteiger partial charge in [-0.05, 0) is 50.3 Å². The van der Waals surface area contributed by atoms with Crippen LogP contribution in [0.15, 0.2) is 24.3 Å². The van der Waals surface area contributed by atoms with Crippen LogP contribution in [0.3, 0.4) is 0 Å². The Morgan fingerprint density at radius 1 is 1.33 bits per heavy atom. The molecule has 0 saturated carbocycles. The highest BCUT2D eigenvalue weighted by Crippen LogP contribution is 2.12. The summed E-state index contributed by atoms with van der Waals surface area (Å²) >= 11 is 0. The lowest BCUT2D eigenvalue weighted by Crippen LogP contribution is -2.38. The number of benzene rings is 1. The van der Waals surface area contributed by atoms with Gasteiger partial charge >= 0.3 is 0 Å². The molecule has 1 aliphatic heterocycles. The van der Waals surface area contributed by atoms with Crippen molar-refractivity contribution in [2.24, 2.45) is 0 Å². The maximum absolute atomic E-state index is 12.2. The molecule has 0 aliphatic carbocycles. The lowest BCUT2D eigenvalue weighted by molar-refractivity contribution is -0.130. The Balaban J connectivity index is 1.71. The second-order valence-electron chi connectivity index (χ2n) is 6.18. The van der Waals surface area contributed by atoms with E-state index < -0.39 is 0 Å². The number of amides is 1. The Morgan fingerprint density at radius 3 is 2.86 bits per heavy atom. The fourth-order valence-electron chi connectivity index (χ4n) is 2.97. The Kier molecular flexibility index (Phi) is 6.24. The third-order valence-electron chi connectivity index (χ3n) is 4.52. The first-order valence-electron chi connectivity index (χ1n) is 8.18. The minimum atomic E-state index is 0.258. The summed E-state index contributed by atoms with van der Waals surface area (Å²) in [5.74, 6) is 0.258. The van der Waals surface area contributed by atoms with Gasteiger partial charge in [0.1, 0.15) is 0 Å². The van der Waals surface area contributed by atoms with E-state index in [1.807, 2.05) is 24.1 Å². The van der Waals surface area contributed by atoms with Gasteiger partial charge in [-0.3, -0.25) is 4.79 Å². The monoisotopic (exact) mass is 288 g/mol. The van der Waals surface area contributed by atoms with E-state index in [4.69, 9.17) is 0 Å². The van der Waals surface area contributed by atoms with Crippen LogP contribution in [0.4, 0.5) is 0 Å². The van der Waals surface area contributed by atoms with Crippen LogP contribution in [0.5, 0.6) is 0 Å². The van der Waals surface area contributed by atoms with Crippen molar-refractivity contribution in [3.05, 3.63) is 35.4 Å². The summed E-state index contributed by atoms with van der Waals surface area (Å²) in [7, 11) is 1.93. The highest BCUT2D eigenvalue weighted by Gasteiger charge is 2.15. The minimum absolute atomic E-state index is 0.258. The first-order valence-corrected chi connectivity index (χ1v) is 8.18. The minimum Gasteiger partial charge on any atom is -0.346 e. The molecule has 0 aromatic heterocycles. The summed E-state index contributed by atoms with van der Waals surface area (Å²) in [6, 6.07) is 8.92. The van der Waals surface area contributed by atoms with Crippen molar-refractivity contribution in [3.8, 4) is 0 Å². The maximum Gasteiger partial charge on any atom is 0.222 e. The van der Waals surface area contributed by atoms with E-state index in [0.29, 0.717) is 12.5 Å². The average Bonchev–Trinajstić information content (AvgIpc) is 2.52. The second kappa shape index (κ2) is 8.18. The largest absolute Gasteiger partial charge is 0.346 e. The molecule has 3 heteroatoms. The Bertz CT molecular complexity index is 452. The number of aryl methyl sites for hydroxylation is 2. The molecule has 0 bridgehead atoms. The Morgan fingerprint density at radius 2 is 2.14 bits per heavy atom. The molecular formula is C18H28N2O. The lowest BCUT2D eigenvalue weighted by atomic mass is 10.0. The van der Waals surface area contributed by atoms with E-state index in [1.165, 1.54) is 30.4 Å². The molecule has 1 amide bonds. The van der Waals surface area contributed by atoms with Crippen LogP contribution in [0.1, 0.15) is 43.2 Å². The van der Waals surface area contributed by atoms with Gasteiger partial charge in [0.25, 0.3) is 0 Å². The number of rotatable bonds is 6. The zero-order valence-corrected chi connectivity index (χ0v) is 13.4. The van der Waals surface area contributed by atoms with Gasteiger partial charge in [0, 0.05) is 26.1 Å². The number of nitrogens with one attached hydrogen (secondary N) is 1. The summed E-state index contributed by atoms with van der Waals surface area (Å²) in [6.07, 6.45) is 6.40. The number of carbonyl (C=O) groups excluding carboxylic acids is 1. The van der Waals surface area contributed by atoms with Crippen molar-refractivity contribution in [2.75, 3.05) is 20.1 Å². The van der Waals surface area contributed by atoms with E-state index in [0.717, 1.165) is 25.9 Å². The van der Waals surface area contributed by atoms with E-state index >= 15 is 0 Å². The Hall–Kier alpha value is -1.35. The molecule has 3 nitrogen and oxygen atoms in total. The van der Waals surface area contributed by atoms with Crippen molar-refractivity contribution in [2.45, 2.75) is 51.5 Å². The van der Waals surface area contributed by atoms with Crippen LogP contribution < -0.4 is 5.32 Å². The number of nitrogens with zero attached hydrogens (tertiary/aromatic N) is 1. The van der Waals surface area contributed by atoms with Crippen LogP contribution in [0, 0.1) is 6.92 Å². The molecule has 1 saturated heterocycles. The molecule has 0 radical (unpaired) electrons. The number of hydrogen-bond acceptors (Lipinski definition) is 2. The molecule has 116 valence electrons. The van der Waals surface area contributed by atoms with E-state index in [2.05, 4.69) is 24.4 Å².